The molecule has 1 aliphatic rings. The Kier molecular flexibility index (Phi) is 6.18. The van der Waals surface area contributed by atoms with Crippen molar-refractivity contribution in [1.29, 1.82) is 0 Å². The number of hydrogen-bond acceptors (Lipinski definition) is 4. The van der Waals surface area contributed by atoms with Gasteiger partial charge in [0.1, 0.15) is 12.4 Å². The van der Waals surface area contributed by atoms with Crippen molar-refractivity contribution in [2.24, 2.45) is 0 Å². The van der Waals surface area contributed by atoms with Gasteiger partial charge >= 0.3 is 6.18 Å². The van der Waals surface area contributed by atoms with E-state index >= 15 is 0 Å². The third kappa shape index (κ3) is 5.00. The van der Waals surface area contributed by atoms with Crippen LogP contribution in [-0.4, -0.2) is 28.5 Å². The molecule has 1 heterocycles. The fourth-order valence-corrected chi connectivity index (χ4v) is 3.48. The van der Waals surface area contributed by atoms with Crippen LogP contribution < -0.4 is 5.32 Å². The second kappa shape index (κ2) is 8.49. The Morgan fingerprint density at radius 1 is 1.13 bits per heavy atom. The number of amides is 3. The number of halogens is 5. The molecule has 1 N–H and O–H groups in total. The molecule has 11 heteroatoms. The van der Waals surface area contributed by atoms with E-state index in [0.717, 1.165) is 12.1 Å². The van der Waals surface area contributed by atoms with Gasteiger partial charge in [-0.05, 0) is 53.7 Å². The lowest BCUT2D eigenvalue weighted by Crippen LogP contribution is -2.36. The summed E-state index contributed by atoms with van der Waals surface area (Å²) in [5.74, 6) is -2.12. The lowest BCUT2D eigenvalue weighted by Gasteiger charge is -2.14. The highest BCUT2D eigenvalue weighted by Gasteiger charge is 2.36. The number of nitrogens with one attached hydrogen (secondary N) is 1. The van der Waals surface area contributed by atoms with Gasteiger partial charge in [0.25, 0.3) is 11.1 Å². The Hall–Kier alpha value is -2.85. The van der Waals surface area contributed by atoms with E-state index in [2.05, 4.69) is 5.32 Å². The van der Waals surface area contributed by atoms with Crippen LogP contribution in [0.15, 0.2) is 47.4 Å². The maximum atomic E-state index is 13.0. The van der Waals surface area contributed by atoms with Crippen LogP contribution in [0.25, 0.3) is 6.08 Å². The van der Waals surface area contributed by atoms with Gasteiger partial charge in [-0.25, -0.2) is 4.39 Å². The molecule has 5 nitrogen and oxygen atoms in total. The molecule has 0 spiro atoms. The second-order valence-corrected chi connectivity index (χ2v) is 7.46. The zero-order valence-corrected chi connectivity index (χ0v) is 16.4. The van der Waals surface area contributed by atoms with E-state index in [0.29, 0.717) is 28.3 Å². The van der Waals surface area contributed by atoms with Crippen LogP contribution >= 0.6 is 23.4 Å². The van der Waals surface area contributed by atoms with Gasteiger partial charge < -0.3 is 5.32 Å². The molecular weight excluding hydrogens is 448 g/mol. The zero-order valence-electron chi connectivity index (χ0n) is 14.8. The number of anilines is 1. The molecule has 0 atom stereocenters. The summed E-state index contributed by atoms with van der Waals surface area (Å²) in [6.07, 6.45) is -3.27. The molecule has 3 amide bonds. The number of alkyl halides is 3. The highest BCUT2D eigenvalue weighted by Crippen LogP contribution is 2.34. The van der Waals surface area contributed by atoms with E-state index in [1.165, 1.54) is 30.3 Å². The molecule has 0 aliphatic carbocycles. The van der Waals surface area contributed by atoms with Crippen LogP contribution in [0.1, 0.15) is 11.1 Å². The van der Waals surface area contributed by atoms with Crippen LogP contribution in [0.5, 0.6) is 0 Å². The number of rotatable bonds is 4. The van der Waals surface area contributed by atoms with E-state index < -0.39 is 41.2 Å². The number of imide groups is 1. The Balaban J connectivity index is 1.72. The highest BCUT2D eigenvalue weighted by atomic mass is 35.5. The standard InChI is InChI=1S/C19H11ClF4N2O3S/c20-13-6-3-11(19(22,23)24)8-14(13)25-16(27)9-26-17(28)15(30-18(26)29)7-10-1-4-12(21)5-2-10/h1-8H,9H2,(H,25,27)/b15-7+. The predicted molar refractivity (Wildman–Crippen MR) is 104 cm³/mol. The van der Waals surface area contributed by atoms with Crippen LogP contribution in [0.2, 0.25) is 5.02 Å². The summed E-state index contributed by atoms with van der Waals surface area (Å²) in [7, 11) is 0. The molecule has 3 rings (SSSR count). The highest BCUT2D eigenvalue weighted by molar-refractivity contribution is 8.18. The first-order chi connectivity index (χ1) is 14.0. The third-order valence-electron chi connectivity index (χ3n) is 3.91. The molecule has 0 bridgehead atoms. The topological polar surface area (TPSA) is 66.5 Å². The van der Waals surface area contributed by atoms with Crippen LogP contribution in [0, 0.1) is 5.82 Å². The lowest BCUT2D eigenvalue weighted by atomic mass is 10.2. The van der Waals surface area contributed by atoms with Crippen molar-refractivity contribution in [1.82, 2.24) is 4.90 Å². The van der Waals surface area contributed by atoms with Gasteiger partial charge in [-0.1, -0.05) is 23.7 Å². The average Bonchev–Trinajstić information content (AvgIpc) is 2.92. The van der Waals surface area contributed by atoms with Crippen LogP contribution in [0.4, 0.5) is 28.0 Å². The van der Waals surface area contributed by atoms with Crippen LogP contribution in [-0.2, 0) is 15.8 Å². The predicted octanol–water partition coefficient (Wildman–Crippen LogP) is 5.17. The molecule has 1 fully saturated rings. The Labute approximate surface area is 176 Å². The summed E-state index contributed by atoms with van der Waals surface area (Å²) in [5, 5.41) is 1.31. The smallest absolute Gasteiger partial charge is 0.323 e. The van der Waals surface area contributed by atoms with Gasteiger partial charge in [0.15, 0.2) is 0 Å². The molecule has 0 aromatic heterocycles. The minimum Gasteiger partial charge on any atom is -0.323 e. The summed E-state index contributed by atoms with van der Waals surface area (Å²) >= 11 is 6.41. The van der Waals surface area contributed by atoms with Gasteiger partial charge in [0, 0.05) is 0 Å². The van der Waals surface area contributed by atoms with Crippen molar-refractivity contribution in [3.05, 3.63) is 69.3 Å². The van der Waals surface area contributed by atoms with Gasteiger partial charge in [0.2, 0.25) is 5.91 Å². The molecule has 2 aromatic rings. The number of carbonyl (C=O) groups excluding carboxylic acids is 3. The monoisotopic (exact) mass is 458 g/mol. The van der Waals surface area contributed by atoms with Gasteiger partial charge in [-0.3, -0.25) is 19.3 Å². The van der Waals surface area contributed by atoms with Crippen molar-refractivity contribution in [2.45, 2.75) is 6.18 Å². The van der Waals surface area contributed by atoms with Gasteiger partial charge in [-0.15, -0.1) is 0 Å². The fourth-order valence-electron chi connectivity index (χ4n) is 2.48. The summed E-state index contributed by atoms with van der Waals surface area (Å²) in [6, 6.07) is 7.57. The number of thioether (sulfide) groups is 1. The van der Waals surface area contributed by atoms with Crippen molar-refractivity contribution in [2.75, 3.05) is 11.9 Å². The van der Waals surface area contributed by atoms with E-state index in [1.54, 1.807) is 0 Å². The Morgan fingerprint density at radius 3 is 2.43 bits per heavy atom. The number of benzene rings is 2. The van der Waals surface area contributed by atoms with E-state index in [-0.39, 0.29) is 15.6 Å². The summed E-state index contributed by atoms with van der Waals surface area (Å²) in [5.41, 5.74) is -0.844. The van der Waals surface area contributed by atoms with Crippen molar-refractivity contribution >= 4 is 52.2 Å². The molecule has 1 saturated heterocycles. The number of hydrogen-bond donors (Lipinski definition) is 1. The maximum Gasteiger partial charge on any atom is 0.416 e. The summed E-state index contributed by atoms with van der Waals surface area (Å²) in [4.78, 5) is 37.4. The Bertz CT molecular complexity index is 1050. The summed E-state index contributed by atoms with van der Waals surface area (Å²) in [6.45, 7) is -0.710. The molecule has 2 aromatic carbocycles. The molecule has 0 unspecified atom stereocenters. The fraction of sp³-hybridized carbons (Fsp3) is 0.105. The summed E-state index contributed by atoms with van der Waals surface area (Å²) < 4.78 is 51.5. The van der Waals surface area contributed by atoms with Gasteiger partial charge in [-0.2, -0.15) is 13.2 Å². The van der Waals surface area contributed by atoms with E-state index in [1.807, 2.05) is 0 Å². The first-order valence-corrected chi connectivity index (χ1v) is 9.41. The molecule has 0 saturated carbocycles. The van der Waals surface area contributed by atoms with E-state index in [9.17, 15) is 31.9 Å². The molecular formula is C19H11ClF4N2O3S. The zero-order chi connectivity index (χ0) is 22.1. The molecule has 30 heavy (non-hydrogen) atoms. The quantitative estimate of drug-likeness (QED) is 0.507. The van der Waals surface area contributed by atoms with Gasteiger partial charge in [0.05, 0.1) is 21.2 Å². The van der Waals surface area contributed by atoms with Crippen molar-refractivity contribution < 1.29 is 31.9 Å². The minimum absolute atomic E-state index is 0.0245. The average molecular weight is 459 g/mol. The maximum absolute atomic E-state index is 13.0. The minimum atomic E-state index is -4.64. The Morgan fingerprint density at radius 2 is 1.80 bits per heavy atom. The van der Waals surface area contributed by atoms with Crippen molar-refractivity contribution in [3.63, 3.8) is 0 Å². The molecule has 0 radical (unpaired) electrons. The second-order valence-electron chi connectivity index (χ2n) is 6.06. The number of carbonyl (C=O) groups is 3. The first-order valence-electron chi connectivity index (χ1n) is 8.22. The SMILES string of the molecule is O=C(CN1C(=O)S/C(=C/c2ccc(F)cc2)C1=O)Nc1cc(C(F)(F)F)ccc1Cl. The lowest BCUT2D eigenvalue weighted by molar-refractivity contribution is -0.137. The largest absolute Gasteiger partial charge is 0.416 e. The van der Waals surface area contributed by atoms with Crippen LogP contribution in [0.3, 0.4) is 0 Å². The van der Waals surface area contributed by atoms with E-state index in [4.69, 9.17) is 11.6 Å². The first kappa shape index (κ1) is 21.8. The molecule has 156 valence electrons. The third-order valence-corrected chi connectivity index (χ3v) is 5.15. The number of nitrogens with zero attached hydrogens (tertiary/aromatic N) is 1. The van der Waals surface area contributed by atoms with Crippen molar-refractivity contribution in [3.8, 4) is 0 Å². The molecule has 1 aliphatic heterocycles. The normalized spacial score (nSPS) is 15.8.